The average Bonchev–Trinajstić information content (AvgIpc) is 2.84. The minimum absolute atomic E-state index is 0.221. The number of rotatable bonds is 8. The highest BCUT2D eigenvalue weighted by atomic mass is 79.9. The van der Waals surface area contributed by atoms with Crippen molar-refractivity contribution in [3.8, 4) is 11.8 Å². The lowest BCUT2D eigenvalue weighted by Crippen LogP contribution is -2.23. The molecular formula is C27H26BrNO4. The lowest BCUT2D eigenvalue weighted by atomic mass is 9.81. The number of benzene rings is 2. The summed E-state index contributed by atoms with van der Waals surface area (Å²) in [5, 5.41) is 10.2. The summed E-state index contributed by atoms with van der Waals surface area (Å²) in [4.78, 5) is 13.1. The Hall–Kier alpha value is -3.30. The number of esters is 1. The van der Waals surface area contributed by atoms with Gasteiger partial charge in [-0.2, -0.15) is 5.26 Å². The first-order valence-electron chi connectivity index (χ1n) is 10.8. The number of methoxy groups -OCH3 is 1. The topological polar surface area (TPSA) is 68.6 Å². The first kappa shape index (κ1) is 24.3. The zero-order chi connectivity index (χ0) is 23.8. The number of carbonyl (C=O) groups excluding carboxylic acids is 1. The summed E-state index contributed by atoms with van der Waals surface area (Å²) in [5.74, 6) is 0.373. The van der Waals surface area contributed by atoms with Gasteiger partial charge in [0, 0.05) is 10.0 Å². The molecule has 3 rings (SSSR count). The van der Waals surface area contributed by atoms with Gasteiger partial charge in [-0.1, -0.05) is 47.5 Å². The molecule has 0 fully saturated rings. The molecule has 0 spiro atoms. The van der Waals surface area contributed by atoms with Crippen molar-refractivity contribution in [1.82, 2.24) is 0 Å². The van der Waals surface area contributed by atoms with Crippen molar-refractivity contribution in [2.75, 3.05) is 13.7 Å². The predicted octanol–water partition coefficient (Wildman–Crippen LogP) is 6.68. The van der Waals surface area contributed by atoms with Gasteiger partial charge in [0.05, 0.1) is 36.9 Å². The number of hydrogen-bond donors (Lipinski definition) is 0. The average molecular weight is 508 g/mol. The SMILES string of the molecule is CCC/C=C/C1=C(C(=O)OCC)C(c2ccc(Br)cc2)C(C#N)=C(c2ccc(OC)cc2)O1. The monoisotopic (exact) mass is 507 g/mol. The molecule has 33 heavy (non-hydrogen) atoms. The highest BCUT2D eigenvalue weighted by Crippen LogP contribution is 2.44. The fourth-order valence-electron chi connectivity index (χ4n) is 3.61. The summed E-state index contributed by atoms with van der Waals surface area (Å²) < 4.78 is 17.8. The Bertz CT molecular complexity index is 1120. The van der Waals surface area contributed by atoms with E-state index in [-0.39, 0.29) is 6.61 Å². The second-order valence-corrected chi connectivity index (χ2v) is 8.27. The molecule has 5 nitrogen and oxygen atoms in total. The van der Waals surface area contributed by atoms with E-state index in [9.17, 15) is 10.1 Å². The highest BCUT2D eigenvalue weighted by Gasteiger charge is 2.38. The third-order valence-electron chi connectivity index (χ3n) is 5.20. The minimum Gasteiger partial charge on any atom is -0.497 e. The van der Waals surface area contributed by atoms with Crippen LogP contribution in [0.3, 0.4) is 0 Å². The van der Waals surface area contributed by atoms with Crippen molar-refractivity contribution in [1.29, 1.82) is 5.26 Å². The maximum Gasteiger partial charge on any atom is 0.338 e. The molecule has 0 N–H and O–H groups in total. The summed E-state index contributed by atoms with van der Waals surface area (Å²) in [7, 11) is 1.60. The largest absolute Gasteiger partial charge is 0.497 e. The minimum atomic E-state index is -0.630. The van der Waals surface area contributed by atoms with Crippen LogP contribution in [0.25, 0.3) is 5.76 Å². The van der Waals surface area contributed by atoms with Crippen LogP contribution in [0, 0.1) is 11.3 Å². The standard InChI is InChI=1S/C27H26BrNO4/c1-4-6-7-8-23-25(27(30)32-5-2)24(18-9-13-20(28)14-10-18)22(17-29)26(33-23)19-11-15-21(31-3)16-12-19/h7-16,24H,4-6H2,1-3H3/b8-7+. The van der Waals surface area contributed by atoms with Crippen LogP contribution in [0.15, 0.2) is 82.1 Å². The molecule has 2 aromatic rings. The molecule has 1 atom stereocenters. The summed E-state index contributed by atoms with van der Waals surface area (Å²) in [6.45, 7) is 4.05. The van der Waals surface area contributed by atoms with Gasteiger partial charge in [0.25, 0.3) is 0 Å². The Morgan fingerprint density at radius 3 is 2.42 bits per heavy atom. The number of halogens is 1. The molecule has 1 unspecified atom stereocenters. The van der Waals surface area contributed by atoms with E-state index in [4.69, 9.17) is 14.2 Å². The van der Waals surface area contributed by atoms with E-state index in [2.05, 4.69) is 28.9 Å². The number of carbonyl (C=O) groups is 1. The van der Waals surface area contributed by atoms with Crippen LogP contribution >= 0.6 is 15.9 Å². The van der Waals surface area contributed by atoms with Crippen LogP contribution in [0.1, 0.15) is 43.7 Å². The quantitative estimate of drug-likeness (QED) is 0.372. The molecular weight excluding hydrogens is 482 g/mol. The molecule has 1 heterocycles. The summed E-state index contributed by atoms with van der Waals surface area (Å²) >= 11 is 3.46. The molecule has 0 saturated heterocycles. The van der Waals surface area contributed by atoms with E-state index in [0.29, 0.717) is 28.4 Å². The number of allylic oxidation sites excluding steroid dienone is 3. The Kier molecular flexibility index (Phi) is 8.51. The van der Waals surface area contributed by atoms with Crippen molar-refractivity contribution < 1.29 is 19.0 Å². The van der Waals surface area contributed by atoms with E-state index in [1.165, 1.54) is 0 Å². The Morgan fingerprint density at radius 1 is 1.15 bits per heavy atom. The Balaban J connectivity index is 2.26. The van der Waals surface area contributed by atoms with Gasteiger partial charge in [0.1, 0.15) is 17.3 Å². The smallest absolute Gasteiger partial charge is 0.338 e. The predicted molar refractivity (Wildman–Crippen MR) is 131 cm³/mol. The third kappa shape index (κ3) is 5.55. The molecule has 0 aliphatic carbocycles. The molecule has 170 valence electrons. The van der Waals surface area contributed by atoms with Gasteiger partial charge in [-0.15, -0.1) is 0 Å². The fourth-order valence-corrected chi connectivity index (χ4v) is 3.87. The molecule has 1 aliphatic heterocycles. The number of nitriles is 1. The number of nitrogens with zero attached hydrogens (tertiary/aromatic N) is 1. The normalized spacial score (nSPS) is 15.9. The highest BCUT2D eigenvalue weighted by molar-refractivity contribution is 9.10. The summed E-state index contributed by atoms with van der Waals surface area (Å²) in [5.41, 5.74) is 2.19. The zero-order valence-electron chi connectivity index (χ0n) is 18.9. The third-order valence-corrected chi connectivity index (χ3v) is 5.72. The number of unbranched alkanes of at least 4 members (excludes halogenated alkanes) is 1. The van der Waals surface area contributed by atoms with E-state index in [1.54, 1.807) is 20.1 Å². The fraction of sp³-hybridized carbons (Fsp3) is 0.259. The lowest BCUT2D eigenvalue weighted by molar-refractivity contribution is -0.139. The second-order valence-electron chi connectivity index (χ2n) is 7.36. The molecule has 6 heteroatoms. The Labute approximate surface area is 203 Å². The van der Waals surface area contributed by atoms with Crippen molar-refractivity contribution in [2.45, 2.75) is 32.6 Å². The van der Waals surface area contributed by atoms with E-state index < -0.39 is 11.9 Å². The van der Waals surface area contributed by atoms with Gasteiger partial charge in [0.2, 0.25) is 0 Å². The number of hydrogen-bond acceptors (Lipinski definition) is 5. The molecule has 0 saturated carbocycles. The first-order chi connectivity index (χ1) is 16.0. The molecule has 0 amide bonds. The van der Waals surface area contributed by atoms with Gasteiger partial charge in [-0.25, -0.2) is 4.79 Å². The molecule has 2 aromatic carbocycles. The number of ether oxygens (including phenoxy) is 3. The van der Waals surface area contributed by atoms with Crippen molar-refractivity contribution >= 4 is 27.7 Å². The Morgan fingerprint density at radius 2 is 1.85 bits per heavy atom. The summed E-state index contributed by atoms with van der Waals surface area (Å²) in [6.07, 6.45) is 5.56. The van der Waals surface area contributed by atoms with E-state index in [0.717, 1.165) is 28.4 Å². The van der Waals surface area contributed by atoms with Gasteiger partial charge in [-0.3, -0.25) is 0 Å². The van der Waals surface area contributed by atoms with Crippen LogP contribution in [0.2, 0.25) is 0 Å². The maximum atomic E-state index is 13.1. The van der Waals surface area contributed by atoms with Gasteiger partial charge in [0.15, 0.2) is 0 Å². The van der Waals surface area contributed by atoms with Crippen LogP contribution in [0.5, 0.6) is 5.75 Å². The molecule has 0 bridgehead atoms. The lowest BCUT2D eigenvalue weighted by Gasteiger charge is -2.29. The van der Waals surface area contributed by atoms with E-state index in [1.807, 2.05) is 54.6 Å². The zero-order valence-corrected chi connectivity index (χ0v) is 20.5. The van der Waals surface area contributed by atoms with Crippen molar-refractivity contribution in [3.05, 3.63) is 93.2 Å². The van der Waals surface area contributed by atoms with Crippen molar-refractivity contribution in [3.63, 3.8) is 0 Å². The van der Waals surface area contributed by atoms with Crippen LogP contribution in [-0.4, -0.2) is 19.7 Å². The molecule has 0 aromatic heterocycles. The van der Waals surface area contributed by atoms with Crippen LogP contribution in [-0.2, 0) is 14.3 Å². The van der Waals surface area contributed by atoms with Crippen LogP contribution < -0.4 is 4.74 Å². The second kappa shape index (κ2) is 11.5. The first-order valence-corrected chi connectivity index (χ1v) is 11.6. The van der Waals surface area contributed by atoms with E-state index >= 15 is 0 Å². The molecule has 0 radical (unpaired) electrons. The summed E-state index contributed by atoms with van der Waals surface area (Å²) in [6, 6.07) is 17.2. The van der Waals surface area contributed by atoms with Crippen molar-refractivity contribution in [2.24, 2.45) is 0 Å². The molecule has 1 aliphatic rings. The maximum absolute atomic E-state index is 13.1. The van der Waals surface area contributed by atoms with Gasteiger partial charge >= 0.3 is 5.97 Å². The van der Waals surface area contributed by atoms with Gasteiger partial charge in [-0.05, 0) is 61.4 Å². The van der Waals surface area contributed by atoms with Crippen LogP contribution in [0.4, 0.5) is 0 Å². The van der Waals surface area contributed by atoms with Gasteiger partial charge < -0.3 is 14.2 Å².